The highest BCUT2D eigenvalue weighted by Gasteiger charge is 2.26. The molecular formula is C12H25NO2. The van der Waals surface area contributed by atoms with Crippen LogP contribution in [-0.4, -0.2) is 30.5 Å². The van der Waals surface area contributed by atoms with Crippen LogP contribution in [0.25, 0.3) is 0 Å². The second kappa shape index (κ2) is 5.83. The molecule has 0 aromatic rings. The van der Waals surface area contributed by atoms with Crippen LogP contribution in [0.1, 0.15) is 39.5 Å². The van der Waals surface area contributed by atoms with E-state index < -0.39 is 5.60 Å². The molecule has 3 N–H and O–H groups in total. The predicted octanol–water partition coefficient (Wildman–Crippen LogP) is 1.54. The zero-order valence-corrected chi connectivity index (χ0v) is 10.0. The summed E-state index contributed by atoms with van der Waals surface area (Å²) in [6.45, 7) is 5.89. The summed E-state index contributed by atoms with van der Waals surface area (Å²) in [6, 6.07) is 0. The maximum atomic E-state index is 9.51. The van der Waals surface area contributed by atoms with E-state index in [1.165, 1.54) is 19.3 Å². The molecule has 1 aliphatic carbocycles. The van der Waals surface area contributed by atoms with Gasteiger partial charge in [-0.1, -0.05) is 6.42 Å². The van der Waals surface area contributed by atoms with Crippen molar-refractivity contribution in [3.8, 4) is 0 Å². The molecule has 90 valence electrons. The van der Waals surface area contributed by atoms with Gasteiger partial charge >= 0.3 is 0 Å². The van der Waals surface area contributed by atoms with Crippen molar-refractivity contribution < 1.29 is 9.84 Å². The summed E-state index contributed by atoms with van der Waals surface area (Å²) in [5, 5.41) is 9.51. The van der Waals surface area contributed by atoms with Crippen LogP contribution in [0.2, 0.25) is 0 Å². The second-order valence-corrected chi connectivity index (χ2v) is 5.32. The number of aliphatic hydroxyl groups is 1. The van der Waals surface area contributed by atoms with Gasteiger partial charge in [-0.15, -0.1) is 0 Å². The molecule has 0 aromatic carbocycles. The van der Waals surface area contributed by atoms with E-state index >= 15 is 0 Å². The van der Waals surface area contributed by atoms with Gasteiger partial charge in [0.05, 0.1) is 5.60 Å². The van der Waals surface area contributed by atoms with Crippen molar-refractivity contribution in [2.75, 3.05) is 19.8 Å². The smallest absolute Gasteiger partial charge is 0.0613 e. The minimum absolute atomic E-state index is 0.608. The second-order valence-electron chi connectivity index (χ2n) is 5.32. The van der Waals surface area contributed by atoms with Gasteiger partial charge < -0.3 is 15.6 Å². The number of ether oxygens (including phenoxy) is 1. The van der Waals surface area contributed by atoms with Gasteiger partial charge in [0, 0.05) is 13.2 Å². The zero-order chi connectivity index (χ0) is 11.3. The van der Waals surface area contributed by atoms with E-state index in [0.717, 1.165) is 13.2 Å². The van der Waals surface area contributed by atoms with Crippen molar-refractivity contribution in [3.05, 3.63) is 0 Å². The van der Waals surface area contributed by atoms with Crippen LogP contribution in [0, 0.1) is 11.8 Å². The summed E-state index contributed by atoms with van der Waals surface area (Å²) >= 11 is 0. The average Bonchev–Trinajstić information content (AvgIpc) is 2.58. The van der Waals surface area contributed by atoms with E-state index in [0.29, 0.717) is 24.9 Å². The molecule has 0 amide bonds. The van der Waals surface area contributed by atoms with Crippen LogP contribution in [0.5, 0.6) is 0 Å². The normalized spacial score (nSPS) is 27.2. The Morgan fingerprint density at radius 1 is 1.33 bits per heavy atom. The van der Waals surface area contributed by atoms with Crippen LogP contribution < -0.4 is 5.73 Å². The van der Waals surface area contributed by atoms with E-state index in [2.05, 4.69) is 0 Å². The Labute approximate surface area is 93.0 Å². The molecule has 0 radical (unpaired) electrons. The van der Waals surface area contributed by atoms with Crippen molar-refractivity contribution in [3.63, 3.8) is 0 Å². The molecule has 3 heteroatoms. The van der Waals surface area contributed by atoms with Gasteiger partial charge in [0.25, 0.3) is 0 Å². The van der Waals surface area contributed by atoms with E-state index in [1.807, 2.05) is 13.8 Å². The van der Waals surface area contributed by atoms with E-state index in [1.54, 1.807) is 0 Å². The van der Waals surface area contributed by atoms with Gasteiger partial charge in [0.1, 0.15) is 0 Å². The molecule has 0 heterocycles. The fraction of sp³-hybridized carbons (Fsp3) is 1.00. The lowest BCUT2D eigenvalue weighted by atomic mass is 9.97. The standard InChI is InChI=1S/C12H25NO2/c1-12(2,14)6-7-15-9-11-5-3-4-10(11)8-13/h10-11,14H,3-9,13H2,1-2H3. The van der Waals surface area contributed by atoms with Crippen molar-refractivity contribution in [2.45, 2.75) is 45.1 Å². The van der Waals surface area contributed by atoms with Gasteiger partial charge in [-0.3, -0.25) is 0 Å². The van der Waals surface area contributed by atoms with Crippen LogP contribution in [-0.2, 0) is 4.74 Å². The number of hydrogen-bond donors (Lipinski definition) is 2. The first-order valence-corrected chi connectivity index (χ1v) is 6.03. The molecule has 2 unspecified atom stereocenters. The summed E-state index contributed by atoms with van der Waals surface area (Å²) in [5.41, 5.74) is 5.09. The van der Waals surface area contributed by atoms with Gasteiger partial charge in [-0.25, -0.2) is 0 Å². The topological polar surface area (TPSA) is 55.5 Å². The Morgan fingerprint density at radius 3 is 2.60 bits per heavy atom. The molecule has 0 spiro atoms. The maximum absolute atomic E-state index is 9.51. The van der Waals surface area contributed by atoms with Crippen LogP contribution in [0.3, 0.4) is 0 Å². The van der Waals surface area contributed by atoms with Crippen LogP contribution in [0.15, 0.2) is 0 Å². The van der Waals surface area contributed by atoms with E-state index in [-0.39, 0.29) is 0 Å². The summed E-state index contributed by atoms with van der Waals surface area (Å²) in [4.78, 5) is 0. The van der Waals surface area contributed by atoms with Gasteiger partial charge in [-0.05, 0) is 51.5 Å². The van der Waals surface area contributed by atoms with Crippen molar-refractivity contribution >= 4 is 0 Å². The van der Waals surface area contributed by atoms with E-state index in [9.17, 15) is 5.11 Å². The predicted molar refractivity (Wildman–Crippen MR) is 61.6 cm³/mol. The van der Waals surface area contributed by atoms with E-state index in [4.69, 9.17) is 10.5 Å². The Hall–Kier alpha value is -0.120. The third kappa shape index (κ3) is 4.96. The molecule has 1 fully saturated rings. The molecule has 0 bridgehead atoms. The van der Waals surface area contributed by atoms with Gasteiger partial charge in [0.2, 0.25) is 0 Å². The Bertz CT molecular complexity index is 177. The maximum Gasteiger partial charge on any atom is 0.0613 e. The summed E-state index contributed by atoms with van der Waals surface area (Å²) in [6.07, 6.45) is 4.51. The molecule has 1 rings (SSSR count). The first kappa shape index (κ1) is 12.9. The lowest BCUT2D eigenvalue weighted by Gasteiger charge is -2.20. The monoisotopic (exact) mass is 215 g/mol. The molecule has 15 heavy (non-hydrogen) atoms. The summed E-state index contributed by atoms with van der Waals surface area (Å²) in [5.74, 6) is 1.31. The largest absolute Gasteiger partial charge is 0.390 e. The molecule has 0 aliphatic heterocycles. The van der Waals surface area contributed by atoms with Crippen molar-refractivity contribution in [2.24, 2.45) is 17.6 Å². The fourth-order valence-corrected chi connectivity index (χ4v) is 2.20. The lowest BCUT2D eigenvalue weighted by Crippen LogP contribution is -2.25. The summed E-state index contributed by atoms with van der Waals surface area (Å²) < 4.78 is 5.61. The number of hydrogen-bond acceptors (Lipinski definition) is 3. The Kier molecular flexibility index (Phi) is 5.03. The lowest BCUT2D eigenvalue weighted by molar-refractivity contribution is 0.0161. The quantitative estimate of drug-likeness (QED) is 0.661. The third-order valence-electron chi connectivity index (χ3n) is 3.31. The fourth-order valence-electron chi connectivity index (χ4n) is 2.20. The minimum atomic E-state index is -0.608. The third-order valence-corrected chi connectivity index (χ3v) is 3.31. The molecule has 3 nitrogen and oxygen atoms in total. The molecule has 0 aromatic heterocycles. The van der Waals surface area contributed by atoms with Crippen molar-refractivity contribution in [1.29, 1.82) is 0 Å². The highest BCUT2D eigenvalue weighted by molar-refractivity contribution is 4.77. The zero-order valence-electron chi connectivity index (χ0n) is 10.0. The minimum Gasteiger partial charge on any atom is -0.390 e. The molecule has 2 atom stereocenters. The molecule has 0 saturated heterocycles. The highest BCUT2D eigenvalue weighted by atomic mass is 16.5. The number of nitrogens with two attached hydrogens (primary N) is 1. The van der Waals surface area contributed by atoms with Gasteiger partial charge in [0.15, 0.2) is 0 Å². The Morgan fingerprint density at radius 2 is 2.00 bits per heavy atom. The Balaban J connectivity index is 2.09. The molecule has 1 aliphatic rings. The molecular weight excluding hydrogens is 190 g/mol. The summed E-state index contributed by atoms with van der Waals surface area (Å²) in [7, 11) is 0. The highest BCUT2D eigenvalue weighted by Crippen LogP contribution is 2.31. The molecule has 1 saturated carbocycles. The van der Waals surface area contributed by atoms with Crippen LogP contribution >= 0.6 is 0 Å². The SMILES string of the molecule is CC(C)(O)CCOCC1CCCC1CN. The van der Waals surface area contributed by atoms with Crippen LogP contribution in [0.4, 0.5) is 0 Å². The average molecular weight is 215 g/mol. The van der Waals surface area contributed by atoms with Gasteiger partial charge in [-0.2, -0.15) is 0 Å². The first-order valence-electron chi connectivity index (χ1n) is 6.03. The number of rotatable bonds is 6. The first-order chi connectivity index (χ1) is 7.03. The van der Waals surface area contributed by atoms with Crippen molar-refractivity contribution in [1.82, 2.24) is 0 Å².